The number of carboxylic acid groups (broad SMARTS) is 1. The van der Waals surface area contributed by atoms with Crippen molar-refractivity contribution in [1.82, 2.24) is 67.4 Å². The Balaban J connectivity index is 1.09. The summed E-state index contributed by atoms with van der Waals surface area (Å²) in [6.45, 7) is 7.97. The number of aliphatic carboxylic acids is 1. The lowest BCUT2D eigenvalue weighted by atomic mass is 9.98. The van der Waals surface area contributed by atoms with Crippen LogP contribution >= 0.6 is 0 Å². The third-order valence-corrected chi connectivity index (χ3v) is 14.7. The van der Waals surface area contributed by atoms with Crippen LogP contribution in [0.3, 0.4) is 0 Å². The summed E-state index contributed by atoms with van der Waals surface area (Å²) in [4.78, 5) is 143. The minimum Gasteiger partial charge on any atom is -0.480 e. The number of carbonyl (C=O) groups is 9. The lowest BCUT2D eigenvalue weighted by Gasteiger charge is -2.31. The molecule has 83 heavy (non-hydrogen) atoms. The number of likely N-dealkylation sites (tertiary alicyclic amines) is 1. The average molecular weight is 1140 g/mol. The van der Waals surface area contributed by atoms with Gasteiger partial charge in [0.1, 0.15) is 48.3 Å². The molecule has 0 aliphatic carbocycles. The van der Waals surface area contributed by atoms with Crippen molar-refractivity contribution < 1.29 is 48.3 Å². The molecule has 4 heterocycles. The van der Waals surface area contributed by atoms with Crippen molar-refractivity contribution in [2.24, 2.45) is 11.8 Å². The largest absolute Gasteiger partial charge is 0.480 e. The highest BCUT2D eigenvalue weighted by Gasteiger charge is 2.41. The van der Waals surface area contributed by atoms with E-state index in [4.69, 9.17) is 0 Å². The number of imidazole rings is 2. The van der Waals surface area contributed by atoms with E-state index in [1.807, 2.05) is 13.8 Å². The molecular weight excluding hydrogens is 1060 g/mol. The Labute approximate surface area is 482 Å². The standard InChI is InChI=1S/C60H77N13O10/c1-36(2)26-44(53(75)67-46(28-39-18-10-6-11-19-39)56(78)72-51(37(3)4)58(80)71-49(60(82)83)29-40-20-12-7-13-21-40)66-55(77)47(30-41-32-61-34-64-41)68-54(76)45(27-38-16-8-5-9-17-38)69-57(79)50-23-15-25-73(50)59(81)48(31-42-33-62-35-65-42)70-52(74)43-22-14-24-63-43/h5-13,16-21,32-37,43-51,63H,14-15,22-31H2,1-4H3,(H,61,64)(H,62,65)(H,66,77)(H,67,75)(H,68,76)(H,69,79)(H,70,74)(H,71,80)(H,72,78)(H,82,83). The Kier molecular flexibility index (Phi) is 22.6. The van der Waals surface area contributed by atoms with Gasteiger partial charge in [0, 0.05) is 62.4 Å². The van der Waals surface area contributed by atoms with Crippen LogP contribution in [-0.2, 0) is 75.3 Å². The normalized spacial score (nSPS) is 17.4. The van der Waals surface area contributed by atoms with Gasteiger partial charge >= 0.3 is 5.97 Å². The first-order valence-corrected chi connectivity index (χ1v) is 28.4. The summed E-state index contributed by atoms with van der Waals surface area (Å²) in [6, 6.07) is 16.4. The number of hydrogen-bond donors (Lipinski definition) is 11. The second-order valence-corrected chi connectivity index (χ2v) is 22.0. The van der Waals surface area contributed by atoms with E-state index in [9.17, 15) is 48.3 Å². The second kappa shape index (κ2) is 30.4. The van der Waals surface area contributed by atoms with Crippen LogP contribution in [0.5, 0.6) is 0 Å². The fourth-order valence-corrected chi connectivity index (χ4v) is 10.3. The second-order valence-electron chi connectivity index (χ2n) is 22.0. The summed E-state index contributed by atoms with van der Waals surface area (Å²) in [5, 5.41) is 32.8. The molecule has 2 saturated heterocycles. The fraction of sp³-hybridized carbons (Fsp3) is 0.450. The number of benzene rings is 3. The van der Waals surface area contributed by atoms with Crippen molar-refractivity contribution in [1.29, 1.82) is 0 Å². The van der Waals surface area contributed by atoms with E-state index in [0.717, 1.165) is 6.42 Å². The Morgan fingerprint density at radius 1 is 0.530 bits per heavy atom. The van der Waals surface area contributed by atoms with Crippen molar-refractivity contribution in [3.8, 4) is 0 Å². The van der Waals surface area contributed by atoms with Crippen LogP contribution in [0.25, 0.3) is 0 Å². The van der Waals surface area contributed by atoms with Gasteiger partial charge in [-0.05, 0) is 67.2 Å². The van der Waals surface area contributed by atoms with Gasteiger partial charge in [-0.1, -0.05) is 119 Å². The maximum Gasteiger partial charge on any atom is 0.326 e. The zero-order chi connectivity index (χ0) is 59.4. The van der Waals surface area contributed by atoms with E-state index in [-0.39, 0.29) is 63.3 Å². The van der Waals surface area contributed by atoms with Crippen molar-refractivity contribution in [3.05, 3.63) is 144 Å². The molecule has 2 aliphatic rings. The van der Waals surface area contributed by atoms with E-state index in [1.165, 1.54) is 23.8 Å². The monoisotopic (exact) mass is 1140 g/mol. The maximum atomic E-state index is 14.8. The van der Waals surface area contributed by atoms with Gasteiger partial charge in [0.05, 0.1) is 18.7 Å². The predicted octanol–water partition coefficient (Wildman–Crippen LogP) is 1.57. The van der Waals surface area contributed by atoms with Gasteiger partial charge in [0.15, 0.2) is 0 Å². The zero-order valence-corrected chi connectivity index (χ0v) is 47.3. The summed E-state index contributed by atoms with van der Waals surface area (Å²) in [5.74, 6) is -7.09. The van der Waals surface area contributed by atoms with E-state index >= 15 is 0 Å². The summed E-state index contributed by atoms with van der Waals surface area (Å²) in [7, 11) is 0. The number of carbonyl (C=O) groups excluding carboxylic acids is 8. The highest BCUT2D eigenvalue weighted by atomic mass is 16.4. The summed E-state index contributed by atoms with van der Waals surface area (Å²) < 4.78 is 0. The first-order valence-electron chi connectivity index (χ1n) is 28.4. The highest BCUT2D eigenvalue weighted by Crippen LogP contribution is 2.21. The molecule has 2 aliphatic heterocycles. The number of hydrogen-bond acceptors (Lipinski definition) is 12. The zero-order valence-electron chi connectivity index (χ0n) is 47.3. The van der Waals surface area contributed by atoms with Crippen LogP contribution < -0.4 is 42.5 Å². The Morgan fingerprint density at radius 2 is 0.988 bits per heavy atom. The van der Waals surface area contributed by atoms with Crippen molar-refractivity contribution in [3.63, 3.8) is 0 Å². The molecule has 442 valence electrons. The summed E-state index contributed by atoms with van der Waals surface area (Å²) >= 11 is 0. The lowest BCUT2D eigenvalue weighted by molar-refractivity contribution is -0.142. The molecule has 7 rings (SSSR count). The SMILES string of the molecule is CC(C)CC(NC(=O)C(Cc1cnc[nH]1)NC(=O)C(Cc1ccccc1)NC(=O)C1CCCN1C(=O)C(Cc1cnc[nH]1)NC(=O)C1CCCN1)C(=O)NC(Cc1ccccc1)C(=O)NC(C(=O)NC(Cc1ccccc1)C(=O)O)C(C)C. The van der Waals surface area contributed by atoms with E-state index in [2.05, 4.69) is 62.5 Å². The number of nitrogens with zero attached hydrogens (tertiary/aromatic N) is 3. The van der Waals surface area contributed by atoms with Gasteiger partial charge in [-0.15, -0.1) is 0 Å². The van der Waals surface area contributed by atoms with Gasteiger partial charge in [0.2, 0.25) is 47.3 Å². The van der Waals surface area contributed by atoms with Crippen LogP contribution in [0.4, 0.5) is 0 Å². The van der Waals surface area contributed by atoms with Gasteiger partial charge in [-0.2, -0.15) is 0 Å². The van der Waals surface area contributed by atoms with Crippen LogP contribution in [0, 0.1) is 11.8 Å². The molecule has 0 radical (unpaired) electrons. The molecule has 9 atom stereocenters. The summed E-state index contributed by atoms with van der Waals surface area (Å²) in [6.07, 6.45) is 8.11. The fourth-order valence-electron chi connectivity index (χ4n) is 10.3. The molecule has 23 heteroatoms. The molecule has 0 spiro atoms. The number of aromatic nitrogens is 4. The molecule has 8 amide bonds. The molecule has 23 nitrogen and oxygen atoms in total. The van der Waals surface area contributed by atoms with Gasteiger partial charge in [-0.25, -0.2) is 14.8 Å². The number of H-pyrrole nitrogens is 2. The number of rotatable bonds is 29. The topological polar surface area (TPSA) is 331 Å². The molecule has 5 aromatic rings. The molecule has 0 bridgehead atoms. The van der Waals surface area contributed by atoms with Crippen LogP contribution in [0.15, 0.2) is 116 Å². The average Bonchev–Trinajstić information content (AvgIpc) is 4.57. The predicted molar refractivity (Wildman–Crippen MR) is 306 cm³/mol. The third kappa shape index (κ3) is 18.4. The number of carboxylic acids is 1. The molecule has 3 aromatic carbocycles. The van der Waals surface area contributed by atoms with Crippen molar-refractivity contribution >= 4 is 53.2 Å². The smallest absolute Gasteiger partial charge is 0.326 e. The van der Waals surface area contributed by atoms with E-state index < -0.39 is 108 Å². The molecule has 11 N–H and O–H groups in total. The molecule has 9 unspecified atom stereocenters. The number of nitrogens with one attached hydrogen (secondary N) is 10. The van der Waals surface area contributed by atoms with Gasteiger partial charge in [-0.3, -0.25) is 38.4 Å². The quantitative estimate of drug-likeness (QED) is 0.0325. The molecule has 2 aromatic heterocycles. The van der Waals surface area contributed by atoms with Gasteiger partial charge < -0.3 is 62.5 Å². The molecule has 0 saturated carbocycles. The highest BCUT2D eigenvalue weighted by molar-refractivity contribution is 5.98. The van der Waals surface area contributed by atoms with Crippen molar-refractivity contribution in [2.45, 2.75) is 146 Å². The molecular formula is C60H77N13O10. The Bertz CT molecular complexity index is 2940. The van der Waals surface area contributed by atoms with Crippen LogP contribution in [0.2, 0.25) is 0 Å². The van der Waals surface area contributed by atoms with E-state index in [1.54, 1.807) is 111 Å². The maximum absolute atomic E-state index is 14.8. The Morgan fingerprint density at radius 3 is 1.47 bits per heavy atom. The molecule has 2 fully saturated rings. The number of amides is 8. The lowest BCUT2D eigenvalue weighted by Crippen LogP contribution is -2.61. The van der Waals surface area contributed by atoms with E-state index in [0.29, 0.717) is 47.5 Å². The number of aromatic amines is 2. The first-order chi connectivity index (χ1) is 39.9. The minimum atomic E-state index is -1.36. The summed E-state index contributed by atoms with van der Waals surface area (Å²) in [5.41, 5.74) is 3.09. The third-order valence-electron chi connectivity index (χ3n) is 14.7. The minimum absolute atomic E-state index is 0.00622. The van der Waals surface area contributed by atoms with Gasteiger partial charge in [0.25, 0.3) is 0 Å². The van der Waals surface area contributed by atoms with Crippen LogP contribution in [0.1, 0.15) is 87.9 Å². The van der Waals surface area contributed by atoms with Crippen LogP contribution in [-0.4, -0.2) is 151 Å². The van der Waals surface area contributed by atoms with Crippen molar-refractivity contribution in [2.75, 3.05) is 13.1 Å². The Hall–Kier alpha value is -8.73. The first kappa shape index (κ1) is 61.9.